The van der Waals surface area contributed by atoms with E-state index < -0.39 is 0 Å². The van der Waals surface area contributed by atoms with Gasteiger partial charge in [-0.05, 0) is 18.6 Å². The zero-order chi connectivity index (χ0) is 10.8. The van der Waals surface area contributed by atoms with Crippen molar-refractivity contribution in [1.29, 1.82) is 0 Å². The number of carbonyl (C=O) groups excluding carboxylic acids is 2. The Kier molecular flexibility index (Phi) is 8.36. The van der Waals surface area contributed by atoms with Crippen molar-refractivity contribution in [2.75, 3.05) is 18.6 Å². The second-order valence-corrected chi connectivity index (χ2v) is 3.76. The number of rotatable bonds is 7. The van der Waals surface area contributed by atoms with Gasteiger partial charge in [0.05, 0.1) is 12.9 Å². The van der Waals surface area contributed by atoms with E-state index in [4.69, 9.17) is 5.84 Å². The Balaban J connectivity index is 3.14. The molecule has 0 spiro atoms. The fourth-order valence-electron chi connectivity index (χ4n) is 0.776. The second-order valence-electron chi connectivity index (χ2n) is 2.65. The van der Waals surface area contributed by atoms with Crippen molar-refractivity contribution in [3.8, 4) is 0 Å². The highest BCUT2D eigenvalue weighted by Crippen LogP contribution is 2.06. The smallest absolute Gasteiger partial charge is 0.315 e. The molecule has 0 aromatic rings. The first kappa shape index (κ1) is 13.2. The van der Waals surface area contributed by atoms with Gasteiger partial charge in [0.2, 0.25) is 5.91 Å². The highest BCUT2D eigenvalue weighted by Gasteiger charge is 2.00. The number of amides is 1. The number of ether oxygens (including phenoxy) is 1. The van der Waals surface area contributed by atoms with Gasteiger partial charge in [0.1, 0.15) is 0 Å². The zero-order valence-corrected chi connectivity index (χ0v) is 9.06. The van der Waals surface area contributed by atoms with Crippen LogP contribution in [0.4, 0.5) is 0 Å². The lowest BCUT2D eigenvalue weighted by Crippen LogP contribution is -2.29. The normalized spacial score (nSPS) is 9.57. The van der Waals surface area contributed by atoms with E-state index in [0.717, 1.165) is 18.6 Å². The monoisotopic (exact) mass is 220 g/mol. The third kappa shape index (κ3) is 7.88. The number of carbonyl (C=O) groups is 2. The highest BCUT2D eigenvalue weighted by atomic mass is 32.2. The molecule has 1 amide bonds. The Bertz CT molecular complexity index is 167. The lowest BCUT2D eigenvalue weighted by atomic mass is 10.2. The third-order valence-corrected chi connectivity index (χ3v) is 2.57. The van der Waals surface area contributed by atoms with E-state index in [2.05, 4.69) is 10.2 Å². The van der Waals surface area contributed by atoms with E-state index in [1.54, 1.807) is 0 Å². The lowest BCUT2D eigenvalue weighted by Gasteiger charge is -2.00. The maximum atomic E-state index is 10.7. The van der Waals surface area contributed by atoms with Crippen molar-refractivity contribution in [2.45, 2.75) is 19.3 Å². The van der Waals surface area contributed by atoms with Crippen molar-refractivity contribution < 1.29 is 14.3 Å². The molecule has 0 heterocycles. The van der Waals surface area contributed by atoms with Crippen molar-refractivity contribution in [3.63, 3.8) is 0 Å². The quantitative estimate of drug-likeness (QED) is 0.208. The molecule has 0 saturated carbocycles. The number of nitrogens with two attached hydrogens (primary N) is 1. The number of hydrogen-bond donors (Lipinski definition) is 2. The summed E-state index contributed by atoms with van der Waals surface area (Å²) >= 11 is 1.51. The molecular weight excluding hydrogens is 204 g/mol. The van der Waals surface area contributed by atoms with Crippen LogP contribution in [0.1, 0.15) is 19.3 Å². The zero-order valence-electron chi connectivity index (χ0n) is 8.25. The van der Waals surface area contributed by atoms with Crippen LogP contribution < -0.4 is 11.3 Å². The summed E-state index contributed by atoms with van der Waals surface area (Å²) in [7, 11) is 1.37. The Labute approximate surface area is 87.7 Å². The number of hydrazine groups is 1. The number of hydrogen-bond acceptors (Lipinski definition) is 5. The number of unbranched alkanes of at least 4 members (excludes halogenated alkanes) is 1. The first-order valence-corrected chi connectivity index (χ1v) is 5.50. The summed E-state index contributed by atoms with van der Waals surface area (Å²) in [5.74, 6) is 5.77. The van der Waals surface area contributed by atoms with E-state index in [1.165, 1.54) is 18.9 Å². The summed E-state index contributed by atoms with van der Waals surface area (Å²) in [6.45, 7) is 0. The van der Waals surface area contributed by atoms with E-state index in [1.807, 2.05) is 0 Å². The van der Waals surface area contributed by atoms with Gasteiger partial charge in [0.25, 0.3) is 0 Å². The average Bonchev–Trinajstić information content (AvgIpc) is 2.22. The summed E-state index contributed by atoms with van der Waals surface area (Å²) in [6.07, 6.45) is 2.13. The molecular formula is C8H16N2O3S. The van der Waals surface area contributed by atoms with Crippen LogP contribution in [0, 0.1) is 0 Å². The first-order valence-electron chi connectivity index (χ1n) is 4.34. The molecule has 0 aliphatic heterocycles. The predicted molar refractivity (Wildman–Crippen MR) is 55.5 cm³/mol. The minimum absolute atomic E-state index is 0.150. The fourth-order valence-corrected chi connectivity index (χ4v) is 1.61. The van der Waals surface area contributed by atoms with Crippen LogP contribution in [0.3, 0.4) is 0 Å². The van der Waals surface area contributed by atoms with Crippen LogP contribution in [0.25, 0.3) is 0 Å². The van der Waals surface area contributed by atoms with Gasteiger partial charge in [-0.2, -0.15) is 11.8 Å². The molecule has 0 rings (SSSR count). The minimum atomic E-state index is -0.213. The largest absolute Gasteiger partial charge is 0.468 e. The van der Waals surface area contributed by atoms with Crippen LogP contribution in [-0.2, 0) is 14.3 Å². The molecule has 0 atom stereocenters. The number of methoxy groups -OCH3 is 1. The molecule has 3 N–H and O–H groups in total. The highest BCUT2D eigenvalue weighted by molar-refractivity contribution is 7.99. The Morgan fingerprint density at radius 1 is 1.43 bits per heavy atom. The van der Waals surface area contributed by atoms with Gasteiger partial charge >= 0.3 is 5.97 Å². The fraction of sp³-hybridized carbons (Fsp3) is 0.750. The molecule has 0 bridgehead atoms. The molecule has 0 aromatic carbocycles. The van der Waals surface area contributed by atoms with Gasteiger partial charge in [-0.3, -0.25) is 15.0 Å². The maximum absolute atomic E-state index is 10.7. The van der Waals surface area contributed by atoms with Gasteiger partial charge in [0.15, 0.2) is 0 Å². The number of esters is 1. The molecule has 0 saturated heterocycles. The first-order chi connectivity index (χ1) is 6.70. The maximum Gasteiger partial charge on any atom is 0.315 e. The lowest BCUT2D eigenvalue weighted by molar-refractivity contribution is -0.137. The minimum Gasteiger partial charge on any atom is -0.468 e. The van der Waals surface area contributed by atoms with Crippen molar-refractivity contribution in [2.24, 2.45) is 5.84 Å². The molecule has 5 nitrogen and oxygen atoms in total. The second kappa shape index (κ2) is 8.83. The Morgan fingerprint density at radius 2 is 2.14 bits per heavy atom. The number of thioether (sulfide) groups is 1. The van der Waals surface area contributed by atoms with E-state index in [-0.39, 0.29) is 11.9 Å². The Hall–Kier alpha value is -0.750. The molecule has 0 radical (unpaired) electrons. The molecule has 0 aliphatic rings. The SMILES string of the molecule is COC(=O)CSCCCCC(=O)NN. The van der Waals surface area contributed by atoms with Gasteiger partial charge in [-0.15, -0.1) is 0 Å². The van der Waals surface area contributed by atoms with Crippen LogP contribution in [0.2, 0.25) is 0 Å². The Morgan fingerprint density at radius 3 is 2.71 bits per heavy atom. The molecule has 6 heteroatoms. The molecule has 0 unspecified atom stereocenters. The molecule has 0 aliphatic carbocycles. The van der Waals surface area contributed by atoms with Crippen LogP contribution >= 0.6 is 11.8 Å². The van der Waals surface area contributed by atoms with E-state index >= 15 is 0 Å². The summed E-state index contributed by atoms with van der Waals surface area (Å²) in [4.78, 5) is 21.4. The summed E-state index contributed by atoms with van der Waals surface area (Å²) in [5.41, 5.74) is 2.06. The van der Waals surface area contributed by atoms with Gasteiger partial charge in [0, 0.05) is 6.42 Å². The molecule has 0 fully saturated rings. The predicted octanol–water partition coefficient (Wildman–Crippen LogP) is 0.0528. The van der Waals surface area contributed by atoms with Crippen molar-refractivity contribution in [3.05, 3.63) is 0 Å². The summed E-state index contributed by atoms with van der Waals surface area (Å²) in [5, 5.41) is 0. The van der Waals surface area contributed by atoms with Gasteiger partial charge < -0.3 is 4.74 Å². The molecule has 82 valence electrons. The topological polar surface area (TPSA) is 81.4 Å². The van der Waals surface area contributed by atoms with Crippen molar-refractivity contribution >= 4 is 23.6 Å². The summed E-state index contributed by atoms with van der Waals surface area (Å²) in [6, 6.07) is 0. The van der Waals surface area contributed by atoms with Gasteiger partial charge in [-0.25, -0.2) is 5.84 Å². The van der Waals surface area contributed by atoms with Crippen molar-refractivity contribution in [1.82, 2.24) is 5.43 Å². The van der Waals surface area contributed by atoms with Crippen LogP contribution in [0.5, 0.6) is 0 Å². The summed E-state index contributed by atoms with van der Waals surface area (Å²) < 4.78 is 4.47. The van der Waals surface area contributed by atoms with Crippen LogP contribution in [-0.4, -0.2) is 30.5 Å². The molecule has 0 aromatic heterocycles. The average molecular weight is 220 g/mol. The van der Waals surface area contributed by atoms with E-state index in [9.17, 15) is 9.59 Å². The molecule has 14 heavy (non-hydrogen) atoms. The number of nitrogens with one attached hydrogen (secondary N) is 1. The third-order valence-electron chi connectivity index (χ3n) is 1.55. The van der Waals surface area contributed by atoms with E-state index in [0.29, 0.717) is 12.2 Å². The van der Waals surface area contributed by atoms with Crippen LogP contribution in [0.15, 0.2) is 0 Å². The standard InChI is InChI=1S/C8H16N2O3S/c1-13-8(12)6-14-5-3-2-4-7(11)10-9/h2-6,9H2,1H3,(H,10,11). The van der Waals surface area contributed by atoms with Gasteiger partial charge in [-0.1, -0.05) is 0 Å².